The van der Waals surface area contributed by atoms with Crippen molar-refractivity contribution in [3.8, 4) is 0 Å². The van der Waals surface area contributed by atoms with E-state index in [1.54, 1.807) is 0 Å². The number of hydrogen-bond acceptors (Lipinski definition) is 2. The highest BCUT2D eigenvalue weighted by Gasteiger charge is 2.43. The molecule has 0 radical (unpaired) electrons. The van der Waals surface area contributed by atoms with Crippen LogP contribution in [0.25, 0.3) is 0 Å². The molecule has 0 spiro atoms. The lowest BCUT2D eigenvalue weighted by Crippen LogP contribution is -2.39. The van der Waals surface area contributed by atoms with Gasteiger partial charge in [0, 0.05) is 12.0 Å². The SMILES string of the molecule is C=C(C)C(NC)C1CC2CCC1O2. The first kappa shape index (κ1) is 9.22. The van der Waals surface area contributed by atoms with Crippen molar-refractivity contribution in [1.82, 2.24) is 5.32 Å². The highest BCUT2D eigenvalue weighted by Crippen LogP contribution is 2.41. The Hall–Kier alpha value is -0.340. The average Bonchev–Trinajstić information content (AvgIpc) is 2.65. The molecule has 2 heterocycles. The molecule has 2 aliphatic rings. The second-order valence-corrected chi connectivity index (χ2v) is 4.39. The zero-order chi connectivity index (χ0) is 9.42. The van der Waals surface area contributed by atoms with E-state index >= 15 is 0 Å². The largest absolute Gasteiger partial charge is 0.375 e. The Balaban J connectivity index is 2.04. The van der Waals surface area contributed by atoms with Crippen molar-refractivity contribution in [2.75, 3.05) is 7.05 Å². The maximum atomic E-state index is 5.84. The molecular weight excluding hydrogens is 162 g/mol. The average molecular weight is 181 g/mol. The van der Waals surface area contributed by atoms with Crippen LogP contribution in [0.15, 0.2) is 12.2 Å². The van der Waals surface area contributed by atoms with E-state index in [0.29, 0.717) is 24.2 Å². The Bertz CT molecular complexity index is 214. The molecule has 0 aromatic rings. The first-order valence-corrected chi connectivity index (χ1v) is 5.20. The molecule has 0 amide bonds. The van der Waals surface area contributed by atoms with Crippen molar-refractivity contribution in [1.29, 1.82) is 0 Å². The smallest absolute Gasteiger partial charge is 0.0627 e. The van der Waals surface area contributed by atoms with E-state index < -0.39 is 0 Å². The van der Waals surface area contributed by atoms with Crippen LogP contribution in [0, 0.1) is 5.92 Å². The zero-order valence-electron chi connectivity index (χ0n) is 8.55. The first-order valence-electron chi connectivity index (χ1n) is 5.20. The summed E-state index contributed by atoms with van der Waals surface area (Å²) in [5.41, 5.74) is 1.24. The van der Waals surface area contributed by atoms with Gasteiger partial charge in [0.25, 0.3) is 0 Å². The number of hydrogen-bond donors (Lipinski definition) is 1. The van der Waals surface area contributed by atoms with E-state index in [9.17, 15) is 0 Å². The molecule has 0 aromatic heterocycles. The van der Waals surface area contributed by atoms with Crippen LogP contribution in [0.2, 0.25) is 0 Å². The van der Waals surface area contributed by atoms with Crippen LogP contribution in [0.5, 0.6) is 0 Å². The third kappa shape index (κ3) is 1.53. The summed E-state index contributed by atoms with van der Waals surface area (Å²) in [6.07, 6.45) is 4.79. The second-order valence-electron chi connectivity index (χ2n) is 4.39. The number of rotatable bonds is 3. The van der Waals surface area contributed by atoms with E-state index in [1.165, 1.54) is 24.8 Å². The molecule has 0 saturated carbocycles. The first-order chi connectivity index (χ1) is 6.22. The Morgan fingerprint density at radius 1 is 1.54 bits per heavy atom. The summed E-state index contributed by atoms with van der Waals surface area (Å²) < 4.78 is 5.84. The fourth-order valence-corrected chi connectivity index (χ4v) is 2.85. The van der Waals surface area contributed by atoms with E-state index in [1.807, 2.05) is 7.05 Å². The van der Waals surface area contributed by atoms with Gasteiger partial charge in [0.15, 0.2) is 0 Å². The minimum atomic E-state index is 0.454. The Morgan fingerprint density at radius 2 is 2.31 bits per heavy atom. The summed E-state index contributed by atoms with van der Waals surface area (Å²) in [5.74, 6) is 0.668. The molecule has 0 aromatic carbocycles. The fourth-order valence-electron chi connectivity index (χ4n) is 2.85. The highest BCUT2D eigenvalue weighted by molar-refractivity contribution is 5.09. The molecular formula is C11H19NO. The summed E-state index contributed by atoms with van der Waals surface area (Å²) in [6.45, 7) is 6.14. The van der Waals surface area contributed by atoms with E-state index in [0.717, 1.165) is 0 Å². The lowest BCUT2D eigenvalue weighted by Gasteiger charge is -2.28. The van der Waals surface area contributed by atoms with Crippen LogP contribution in [-0.4, -0.2) is 25.3 Å². The molecule has 2 saturated heterocycles. The van der Waals surface area contributed by atoms with Gasteiger partial charge in [0.05, 0.1) is 12.2 Å². The molecule has 2 fully saturated rings. The summed E-state index contributed by atoms with van der Waals surface area (Å²) in [7, 11) is 2.02. The fraction of sp³-hybridized carbons (Fsp3) is 0.818. The van der Waals surface area contributed by atoms with Crippen molar-refractivity contribution >= 4 is 0 Å². The predicted molar refractivity (Wildman–Crippen MR) is 53.7 cm³/mol. The van der Waals surface area contributed by atoms with Gasteiger partial charge >= 0.3 is 0 Å². The van der Waals surface area contributed by atoms with Crippen LogP contribution in [-0.2, 0) is 4.74 Å². The summed E-state index contributed by atoms with van der Waals surface area (Å²) in [5, 5.41) is 3.35. The number of fused-ring (bicyclic) bond motifs is 2. The molecule has 4 unspecified atom stereocenters. The van der Waals surface area contributed by atoms with Crippen molar-refractivity contribution in [2.45, 2.75) is 44.4 Å². The van der Waals surface area contributed by atoms with Crippen molar-refractivity contribution < 1.29 is 4.74 Å². The summed E-state index contributed by atoms with van der Waals surface area (Å²) in [6, 6.07) is 0.454. The minimum Gasteiger partial charge on any atom is -0.375 e. The van der Waals surface area contributed by atoms with Gasteiger partial charge in [-0.2, -0.15) is 0 Å². The second kappa shape index (κ2) is 3.43. The topological polar surface area (TPSA) is 21.3 Å². The Kier molecular flexibility index (Phi) is 2.43. The quantitative estimate of drug-likeness (QED) is 0.669. The zero-order valence-corrected chi connectivity index (χ0v) is 8.55. The lowest BCUT2D eigenvalue weighted by molar-refractivity contribution is 0.0886. The highest BCUT2D eigenvalue weighted by atomic mass is 16.5. The van der Waals surface area contributed by atoms with Gasteiger partial charge in [-0.25, -0.2) is 0 Å². The van der Waals surface area contributed by atoms with Crippen molar-refractivity contribution in [3.63, 3.8) is 0 Å². The number of likely N-dealkylation sites (N-methyl/N-ethyl adjacent to an activating group) is 1. The minimum absolute atomic E-state index is 0.454. The Labute approximate surface area is 80.4 Å². The van der Waals surface area contributed by atoms with E-state index in [4.69, 9.17) is 4.74 Å². The number of nitrogens with one attached hydrogen (secondary N) is 1. The normalized spacial score (nSPS) is 39.4. The van der Waals surface area contributed by atoms with Gasteiger partial charge in [-0.1, -0.05) is 12.2 Å². The molecule has 13 heavy (non-hydrogen) atoms. The molecule has 2 rings (SSSR count). The van der Waals surface area contributed by atoms with Gasteiger partial charge < -0.3 is 10.1 Å². The molecule has 2 bridgehead atoms. The molecule has 2 nitrogen and oxygen atoms in total. The molecule has 0 aliphatic carbocycles. The van der Waals surface area contributed by atoms with Gasteiger partial charge in [-0.3, -0.25) is 0 Å². The van der Waals surface area contributed by atoms with Crippen LogP contribution in [0.1, 0.15) is 26.2 Å². The third-order valence-electron chi connectivity index (χ3n) is 3.42. The monoisotopic (exact) mass is 181 g/mol. The molecule has 74 valence electrons. The van der Waals surface area contributed by atoms with Crippen LogP contribution in [0.4, 0.5) is 0 Å². The third-order valence-corrected chi connectivity index (χ3v) is 3.42. The lowest BCUT2D eigenvalue weighted by atomic mass is 9.81. The molecule has 2 heteroatoms. The van der Waals surface area contributed by atoms with E-state index in [-0.39, 0.29) is 0 Å². The molecule has 4 atom stereocenters. The van der Waals surface area contributed by atoms with Crippen LogP contribution >= 0.6 is 0 Å². The van der Waals surface area contributed by atoms with E-state index in [2.05, 4.69) is 18.8 Å². The van der Waals surface area contributed by atoms with Gasteiger partial charge in [-0.05, 0) is 33.2 Å². The van der Waals surface area contributed by atoms with Crippen LogP contribution < -0.4 is 5.32 Å². The standard InChI is InChI=1S/C11H19NO/c1-7(2)11(12-3)9-6-8-4-5-10(9)13-8/h8-12H,1,4-6H2,2-3H3. The number of ether oxygens (including phenoxy) is 1. The summed E-state index contributed by atoms with van der Waals surface area (Å²) in [4.78, 5) is 0. The maximum Gasteiger partial charge on any atom is 0.0627 e. The van der Waals surface area contributed by atoms with Crippen molar-refractivity contribution in [2.24, 2.45) is 5.92 Å². The molecule has 2 aliphatic heterocycles. The maximum absolute atomic E-state index is 5.84. The van der Waals surface area contributed by atoms with Gasteiger partial charge in [0.1, 0.15) is 0 Å². The summed E-state index contributed by atoms with van der Waals surface area (Å²) >= 11 is 0. The van der Waals surface area contributed by atoms with Crippen LogP contribution in [0.3, 0.4) is 0 Å². The Morgan fingerprint density at radius 3 is 2.69 bits per heavy atom. The van der Waals surface area contributed by atoms with Gasteiger partial charge in [0.2, 0.25) is 0 Å². The predicted octanol–water partition coefficient (Wildman–Crippen LogP) is 1.72. The van der Waals surface area contributed by atoms with Crippen molar-refractivity contribution in [3.05, 3.63) is 12.2 Å². The molecule has 1 N–H and O–H groups in total. The van der Waals surface area contributed by atoms with Gasteiger partial charge in [-0.15, -0.1) is 0 Å².